The zero-order valence-corrected chi connectivity index (χ0v) is 16.0. The molecule has 0 unspecified atom stereocenters. The smallest absolute Gasteiger partial charge is 0.0178 e. The Bertz CT molecular complexity index is 485. The standard InChI is InChI=1S/C13H14Si.C8H14/c14-13(11-7-3-1-4-8-11)12-9-5-2-6-10-12;1-3-5-7-8-6-4-2/h1-10,13H,14H3;1H,4-8H2,2H3. The molecule has 0 atom stereocenters. The SMILES string of the molecule is C#CCCCCCC.[SiH3]C(c1ccccc1)c1ccccc1. The van der Waals surface area contributed by atoms with E-state index >= 15 is 0 Å². The third kappa shape index (κ3) is 7.29. The lowest BCUT2D eigenvalue weighted by molar-refractivity contribution is 0.680. The van der Waals surface area contributed by atoms with Gasteiger partial charge in [-0.1, -0.05) is 86.8 Å². The van der Waals surface area contributed by atoms with Crippen molar-refractivity contribution in [3.8, 4) is 12.3 Å². The van der Waals surface area contributed by atoms with Crippen molar-refractivity contribution in [3.05, 3.63) is 71.8 Å². The maximum atomic E-state index is 5.06. The van der Waals surface area contributed by atoms with Gasteiger partial charge in [0.25, 0.3) is 0 Å². The Morgan fingerprint density at radius 1 is 0.864 bits per heavy atom. The third-order valence-electron chi connectivity index (χ3n) is 3.77. The molecular weight excluding hydrogens is 280 g/mol. The van der Waals surface area contributed by atoms with Crippen LogP contribution in [0.4, 0.5) is 0 Å². The maximum absolute atomic E-state index is 5.06. The van der Waals surface area contributed by atoms with Crippen LogP contribution in [0.25, 0.3) is 0 Å². The molecule has 0 saturated heterocycles. The fraction of sp³-hybridized carbons (Fsp3) is 0.333. The van der Waals surface area contributed by atoms with E-state index in [-0.39, 0.29) is 0 Å². The molecule has 0 fully saturated rings. The molecular formula is C21H28Si. The summed E-state index contributed by atoms with van der Waals surface area (Å²) >= 11 is 0. The zero-order valence-electron chi connectivity index (χ0n) is 14.0. The highest BCUT2D eigenvalue weighted by atomic mass is 28.1. The molecule has 2 rings (SSSR count). The molecule has 0 spiro atoms. The van der Waals surface area contributed by atoms with Gasteiger partial charge in [-0.25, -0.2) is 0 Å². The zero-order chi connectivity index (χ0) is 16.0. The minimum atomic E-state index is 0.623. The van der Waals surface area contributed by atoms with Crippen molar-refractivity contribution in [3.63, 3.8) is 0 Å². The highest BCUT2D eigenvalue weighted by Crippen LogP contribution is 2.20. The topological polar surface area (TPSA) is 0 Å². The van der Waals surface area contributed by atoms with Gasteiger partial charge in [0.1, 0.15) is 0 Å². The first kappa shape index (κ1) is 18.3. The average molecular weight is 309 g/mol. The van der Waals surface area contributed by atoms with Crippen LogP contribution in [0.2, 0.25) is 0 Å². The van der Waals surface area contributed by atoms with Crippen LogP contribution in [0.3, 0.4) is 0 Å². The second-order valence-electron chi connectivity index (χ2n) is 5.56. The predicted molar refractivity (Wildman–Crippen MR) is 102 cm³/mol. The summed E-state index contributed by atoms with van der Waals surface area (Å²) in [6.07, 6.45) is 11.2. The largest absolute Gasteiger partial charge is 0.120 e. The Morgan fingerprint density at radius 3 is 1.77 bits per heavy atom. The van der Waals surface area contributed by atoms with Crippen LogP contribution >= 0.6 is 0 Å². The molecule has 2 aromatic rings. The molecule has 0 aliphatic heterocycles. The molecule has 0 N–H and O–H groups in total. The number of unbranched alkanes of at least 4 members (excludes halogenated alkanes) is 4. The van der Waals surface area contributed by atoms with E-state index in [1.54, 1.807) is 0 Å². The number of hydrogen-bond donors (Lipinski definition) is 0. The Kier molecular flexibility index (Phi) is 9.82. The first-order valence-corrected chi connectivity index (χ1v) is 9.48. The van der Waals surface area contributed by atoms with Gasteiger partial charge in [0.15, 0.2) is 0 Å². The van der Waals surface area contributed by atoms with Crippen LogP contribution in [0.15, 0.2) is 60.7 Å². The van der Waals surface area contributed by atoms with Crippen LogP contribution in [0, 0.1) is 12.3 Å². The third-order valence-corrected chi connectivity index (χ3v) is 5.11. The van der Waals surface area contributed by atoms with Crippen LogP contribution in [0.1, 0.15) is 55.7 Å². The summed E-state index contributed by atoms with van der Waals surface area (Å²) in [5, 5.41) is 0. The first-order valence-electron chi connectivity index (χ1n) is 8.33. The average Bonchev–Trinajstić information content (AvgIpc) is 2.60. The van der Waals surface area contributed by atoms with Crippen molar-refractivity contribution in [2.75, 3.05) is 0 Å². The van der Waals surface area contributed by atoms with Gasteiger partial charge in [-0.3, -0.25) is 0 Å². The molecule has 0 heterocycles. The highest BCUT2D eigenvalue weighted by molar-refractivity contribution is 6.14. The number of hydrogen-bond acceptors (Lipinski definition) is 0. The van der Waals surface area contributed by atoms with Crippen molar-refractivity contribution in [2.45, 2.75) is 44.6 Å². The minimum absolute atomic E-state index is 0.623. The Labute approximate surface area is 139 Å². The van der Waals surface area contributed by atoms with Gasteiger partial charge in [0.05, 0.1) is 0 Å². The van der Waals surface area contributed by atoms with Crippen LogP contribution < -0.4 is 0 Å². The van der Waals surface area contributed by atoms with Gasteiger partial charge in [-0.15, -0.1) is 12.3 Å². The van der Waals surface area contributed by atoms with Crippen molar-refractivity contribution >= 4 is 10.2 Å². The normalized spacial score (nSPS) is 9.86. The molecule has 2 aromatic carbocycles. The summed E-state index contributed by atoms with van der Waals surface area (Å²) in [5.41, 5.74) is 3.49. The van der Waals surface area contributed by atoms with Crippen molar-refractivity contribution in [1.82, 2.24) is 0 Å². The molecule has 0 nitrogen and oxygen atoms in total. The van der Waals surface area contributed by atoms with E-state index in [9.17, 15) is 0 Å². The summed E-state index contributed by atoms with van der Waals surface area (Å²) in [6, 6.07) is 21.5. The lowest BCUT2D eigenvalue weighted by Crippen LogP contribution is -1.99. The van der Waals surface area contributed by atoms with Gasteiger partial charge >= 0.3 is 0 Å². The highest BCUT2D eigenvalue weighted by Gasteiger charge is 2.05. The molecule has 116 valence electrons. The summed E-state index contributed by atoms with van der Waals surface area (Å²) in [7, 11) is 1.16. The summed E-state index contributed by atoms with van der Waals surface area (Å²) < 4.78 is 0. The summed E-state index contributed by atoms with van der Waals surface area (Å²) in [5.74, 6) is 2.63. The maximum Gasteiger partial charge on any atom is 0.0178 e. The van der Waals surface area contributed by atoms with E-state index in [1.165, 1.54) is 36.8 Å². The molecule has 0 radical (unpaired) electrons. The Morgan fingerprint density at radius 2 is 1.36 bits per heavy atom. The van der Waals surface area contributed by atoms with Crippen LogP contribution in [0.5, 0.6) is 0 Å². The number of benzene rings is 2. The molecule has 0 saturated carbocycles. The molecule has 0 aliphatic carbocycles. The second kappa shape index (κ2) is 11.8. The van der Waals surface area contributed by atoms with E-state index in [2.05, 4.69) is 73.5 Å². The van der Waals surface area contributed by atoms with Gasteiger partial charge in [0.2, 0.25) is 0 Å². The van der Waals surface area contributed by atoms with Gasteiger partial charge in [0, 0.05) is 16.7 Å². The van der Waals surface area contributed by atoms with E-state index in [4.69, 9.17) is 6.42 Å². The van der Waals surface area contributed by atoms with Gasteiger partial charge in [-0.05, 0) is 23.1 Å². The van der Waals surface area contributed by atoms with E-state index < -0.39 is 0 Å². The first-order chi connectivity index (χ1) is 10.8. The van der Waals surface area contributed by atoms with E-state index in [0.29, 0.717) is 5.54 Å². The Hall–Kier alpha value is -1.78. The summed E-state index contributed by atoms with van der Waals surface area (Å²) in [6.45, 7) is 2.20. The molecule has 0 aromatic heterocycles. The van der Waals surface area contributed by atoms with Crippen LogP contribution in [-0.2, 0) is 0 Å². The quantitative estimate of drug-likeness (QED) is 0.411. The fourth-order valence-electron chi connectivity index (χ4n) is 2.33. The molecule has 22 heavy (non-hydrogen) atoms. The number of terminal acetylenes is 1. The van der Waals surface area contributed by atoms with Gasteiger partial charge in [-0.2, -0.15) is 0 Å². The molecule has 0 bridgehead atoms. The fourth-order valence-corrected chi connectivity index (χ4v) is 3.10. The van der Waals surface area contributed by atoms with Crippen molar-refractivity contribution < 1.29 is 0 Å². The second-order valence-corrected chi connectivity index (χ2v) is 6.71. The van der Waals surface area contributed by atoms with Crippen molar-refractivity contribution in [1.29, 1.82) is 0 Å². The summed E-state index contributed by atoms with van der Waals surface area (Å²) in [4.78, 5) is 0. The predicted octanol–water partition coefficient (Wildman–Crippen LogP) is 4.73. The van der Waals surface area contributed by atoms with Gasteiger partial charge < -0.3 is 0 Å². The molecule has 0 amide bonds. The Balaban J connectivity index is 0.000000261. The molecule has 0 aliphatic rings. The lowest BCUT2D eigenvalue weighted by Gasteiger charge is -2.11. The van der Waals surface area contributed by atoms with Crippen LogP contribution in [-0.4, -0.2) is 10.2 Å². The van der Waals surface area contributed by atoms with E-state index in [0.717, 1.165) is 16.7 Å². The number of rotatable bonds is 6. The monoisotopic (exact) mass is 308 g/mol. The molecule has 1 heteroatoms. The van der Waals surface area contributed by atoms with Crippen molar-refractivity contribution in [2.24, 2.45) is 0 Å². The van der Waals surface area contributed by atoms with E-state index in [1.807, 2.05) is 0 Å². The lowest BCUT2D eigenvalue weighted by atomic mass is 10.0. The minimum Gasteiger partial charge on any atom is -0.120 e.